The molecular formula is C13H14ClN5S. The van der Waals surface area contributed by atoms with E-state index in [9.17, 15) is 0 Å². The molecule has 1 atom stereocenters. The quantitative estimate of drug-likeness (QED) is 0.718. The van der Waals surface area contributed by atoms with Crippen molar-refractivity contribution in [1.29, 1.82) is 0 Å². The summed E-state index contributed by atoms with van der Waals surface area (Å²) in [7, 11) is 0. The van der Waals surface area contributed by atoms with E-state index in [-0.39, 0.29) is 11.3 Å². The fraction of sp³-hybridized carbons (Fsp3) is 0.308. The third-order valence-corrected chi connectivity index (χ3v) is 4.22. The summed E-state index contributed by atoms with van der Waals surface area (Å²) in [6, 6.07) is 4.36. The van der Waals surface area contributed by atoms with Crippen LogP contribution in [0.2, 0.25) is 5.28 Å². The van der Waals surface area contributed by atoms with E-state index in [4.69, 9.17) is 11.6 Å². The molecule has 7 heteroatoms. The van der Waals surface area contributed by atoms with Crippen LogP contribution in [-0.2, 0) is 0 Å². The molecule has 3 aromatic heterocycles. The van der Waals surface area contributed by atoms with Crippen molar-refractivity contribution in [2.45, 2.75) is 19.9 Å². The Morgan fingerprint density at radius 2 is 2.20 bits per heavy atom. The molecule has 0 aromatic carbocycles. The number of hydrogen-bond acceptors (Lipinski definition) is 5. The molecule has 0 bridgehead atoms. The molecule has 0 aliphatic rings. The van der Waals surface area contributed by atoms with Crippen molar-refractivity contribution in [2.24, 2.45) is 5.92 Å². The van der Waals surface area contributed by atoms with E-state index in [1.54, 1.807) is 17.5 Å². The fourth-order valence-electron chi connectivity index (χ4n) is 2.10. The minimum atomic E-state index is 0.180. The highest BCUT2D eigenvalue weighted by Crippen LogP contribution is 2.31. The van der Waals surface area contributed by atoms with Gasteiger partial charge in [-0.2, -0.15) is 15.1 Å². The highest BCUT2D eigenvalue weighted by molar-refractivity contribution is 7.10. The van der Waals surface area contributed by atoms with E-state index in [0.717, 1.165) is 5.39 Å². The van der Waals surface area contributed by atoms with Gasteiger partial charge in [-0.25, -0.2) is 0 Å². The van der Waals surface area contributed by atoms with Crippen LogP contribution in [0.15, 0.2) is 23.7 Å². The second-order valence-electron chi connectivity index (χ2n) is 4.85. The summed E-state index contributed by atoms with van der Waals surface area (Å²) in [5.41, 5.74) is 0.640. The second-order valence-corrected chi connectivity index (χ2v) is 6.17. The summed E-state index contributed by atoms with van der Waals surface area (Å²) in [6.07, 6.45) is 1.71. The Morgan fingerprint density at radius 1 is 1.35 bits per heavy atom. The van der Waals surface area contributed by atoms with Crippen molar-refractivity contribution in [1.82, 2.24) is 20.2 Å². The highest BCUT2D eigenvalue weighted by atomic mass is 35.5. The van der Waals surface area contributed by atoms with Gasteiger partial charge in [-0.15, -0.1) is 11.3 Å². The van der Waals surface area contributed by atoms with Crippen LogP contribution < -0.4 is 5.32 Å². The maximum atomic E-state index is 5.96. The van der Waals surface area contributed by atoms with Gasteiger partial charge in [0.15, 0.2) is 5.65 Å². The lowest BCUT2D eigenvalue weighted by molar-refractivity contribution is 0.552. The monoisotopic (exact) mass is 307 g/mol. The van der Waals surface area contributed by atoms with Gasteiger partial charge in [0.1, 0.15) is 5.82 Å². The average molecular weight is 308 g/mol. The van der Waals surface area contributed by atoms with E-state index in [1.165, 1.54) is 4.88 Å². The van der Waals surface area contributed by atoms with Gasteiger partial charge in [0.25, 0.3) is 0 Å². The first-order chi connectivity index (χ1) is 9.65. The molecule has 0 spiro atoms. The summed E-state index contributed by atoms with van der Waals surface area (Å²) in [4.78, 5) is 9.67. The number of aromatic amines is 1. The van der Waals surface area contributed by atoms with Gasteiger partial charge in [0.2, 0.25) is 5.28 Å². The predicted molar refractivity (Wildman–Crippen MR) is 82.2 cm³/mol. The van der Waals surface area contributed by atoms with Gasteiger partial charge in [-0.1, -0.05) is 19.9 Å². The number of halogens is 1. The Morgan fingerprint density at radius 3 is 2.90 bits per heavy atom. The number of anilines is 1. The number of aromatic nitrogens is 4. The number of H-pyrrole nitrogens is 1. The van der Waals surface area contributed by atoms with Crippen molar-refractivity contribution in [2.75, 3.05) is 5.32 Å². The Bertz CT molecular complexity index is 707. The first kappa shape index (κ1) is 13.3. The number of nitrogens with one attached hydrogen (secondary N) is 2. The highest BCUT2D eigenvalue weighted by Gasteiger charge is 2.19. The van der Waals surface area contributed by atoms with Gasteiger partial charge in [0, 0.05) is 4.88 Å². The SMILES string of the molecule is CC(C)C(Nc1nc(Cl)nc2[nH]ncc12)c1cccs1. The normalized spacial score (nSPS) is 13.0. The van der Waals surface area contributed by atoms with Crippen LogP contribution in [-0.4, -0.2) is 20.2 Å². The maximum Gasteiger partial charge on any atom is 0.226 e. The zero-order valence-corrected chi connectivity index (χ0v) is 12.7. The molecule has 3 rings (SSSR count). The van der Waals surface area contributed by atoms with Crippen LogP contribution >= 0.6 is 22.9 Å². The molecule has 2 N–H and O–H groups in total. The minimum Gasteiger partial charge on any atom is -0.361 e. The van der Waals surface area contributed by atoms with Gasteiger partial charge < -0.3 is 5.32 Å². The molecule has 3 heterocycles. The van der Waals surface area contributed by atoms with Crippen molar-refractivity contribution in [3.8, 4) is 0 Å². The molecule has 0 aliphatic heterocycles. The van der Waals surface area contributed by atoms with Crippen LogP contribution in [0, 0.1) is 5.92 Å². The van der Waals surface area contributed by atoms with Gasteiger partial charge >= 0.3 is 0 Å². The van der Waals surface area contributed by atoms with Crippen LogP contribution in [0.5, 0.6) is 0 Å². The van der Waals surface area contributed by atoms with E-state index in [1.807, 2.05) is 0 Å². The topological polar surface area (TPSA) is 66.5 Å². The zero-order valence-electron chi connectivity index (χ0n) is 11.1. The van der Waals surface area contributed by atoms with Crippen molar-refractivity contribution >= 4 is 39.8 Å². The summed E-state index contributed by atoms with van der Waals surface area (Å²) < 4.78 is 0. The van der Waals surface area contributed by atoms with E-state index in [2.05, 4.69) is 56.8 Å². The summed E-state index contributed by atoms with van der Waals surface area (Å²) >= 11 is 7.69. The molecule has 5 nitrogen and oxygen atoms in total. The minimum absolute atomic E-state index is 0.180. The lowest BCUT2D eigenvalue weighted by Gasteiger charge is -2.22. The summed E-state index contributed by atoms with van der Waals surface area (Å²) in [5, 5.41) is 13.4. The average Bonchev–Trinajstić information content (AvgIpc) is 3.05. The Labute approximate surface area is 125 Å². The number of rotatable bonds is 4. The summed E-state index contributed by atoms with van der Waals surface area (Å²) in [5.74, 6) is 1.13. The first-order valence-electron chi connectivity index (χ1n) is 6.31. The van der Waals surface area contributed by atoms with Gasteiger partial charge in [-0.05, 0) is 29.0 Å². The smallest absolute Gasteiger partial charge is 0.226 e. The van der Waals surface area contributed by atoms with Crippen LogP contribution in [0.25, 0.3) is 11.0 Å². The largest absolute Gasteiger partial charge is 0.361 e. The van der Waals surface area contributed by atoms with E-state index in [0.29, 0.717) is 17.4 Å². The lowest BCUT2D eigenvalue weighted by atomic mass is 10.0. The maximum absolute atomic E-state index is 5.96. The Hall–Kier alpha value is -1.66. The lowest BCUT2D eigenvalue weighted by Crippen LogP contribution is -2.16. The second kappa shape index (κ2) is 5.38. The fourth-order valence-corrected chi connectivity index (χ4v) is 3.22. The Kier molecular flexibility index (Phi) is 3.58. The van der Waals surface area contributed by atoms with Crippen molar-refractivity contribution in [3.63, 3.8) is 0 Å². The molecule has 0 saturated heterocycles. The van der Waals surface area contributed by atoms with Crippen LogP contribution in [0.4, 0.5) is 5.82 Å². The van der Waals surface area contributed by atoms with Crippen molar-refractivity contribution in [3.05, 3.63) is 33.9 Å². The van der Waals surface area contributed by atoms with Gasteiger partial charge in [-0.3, -0.25) is 5.10 Å². The molecule has 0 aliphatic carbocycles. The molecule has 0 saturated carbocycles. The van der Waals surface area contributed by atoms with Crippen LogP contribution in [0.3, 0.4) is 0 Å². The molecule has 104 valence electrons. The van der Waals surface area contributed by atoms with E-state index < -0.39 is 0 Å². The first-order valence-corrected chi connectivity index (χ1v) is 7.57. The zero-order chi connectivity index (χ0) is 14.1. The Balaban J connectivity index is 2.00. The molecule has 0 radical (unpaired) electrons. The molecular weight excluding hydrogens is 294 g/mol. The summed E-state index contributed by atoms with van der Waals surface area (Å²) in [6.45, 7) is 4.35. The number of nitrogens with zero attached hydrogens (tertiary/aromatic N) is 3. The molecule has 20 heavy (non-hydrogen) atoms. The number of hydrogen-bond donors (Lipinski definition) is 2. The third-order valence-electron chi connectivity index (χ3n) is 3.09. The third kappa shape index (κ3) is 2.48. The predicted octanol–water partition coefficient (Wildman–Crippen LogP) is 3.88. The number of fused-ring (bicyclic) bond motifs is 1. The molecule has 0 fully saturated rings. The standard InChI is InChI=1S/C13H14ClN5S/c1-7(2)10(9-4-3-5-20-9)16-11-8-6-15-19-12(8)18-13(14)17-11/h3-7,10H,1-2H3,(H2,15,16,17,18,19). The van der Waals surface area contributed by atoms with Crippen molar-refractivity contribution < 1.29 is 0 Å². The van der Waals surface area contributed by atoms with Gasteiger partial charge in [0.05, 0.1) is 17.6 Å². The van der Waals surface area contributed by atoms with Crippen LogP contribution in [0.1, 0.15) is 24.8 Å². The molecule has 0 amide bonds. The molecule has 3 aromatic rings. The molecule has 1 unspecified atom stereocenters. The van der Waals surface area contributed by atoms with E-state index >= 15 is 0 Å². The number of thiophene rings is 1.